The van der Waals surface area contributed by atoms with Gasteiger partial charge in [-0.25, -0.2) is 0 Å². The molecule has 0 unspecified atom stereocenters. The maximum atomic E-state index is 8.71. The van der Waals surface area contributed by atoms with Gasteiger partial charge in [-0.1, -0.05) is 22.4 Å². The molecule has 3 nitrogen and oxygen atoms in total. The van der Waals surface area contributed by atoms with Crippen LogP contribution < -0.4 is 10.1 Å². The fourth-order valence-corrected chi connectivity index (χ4v) is 2.46. The van der Waals surface area contributed by atoms with Crippen LogP contribution in [-0.2, 0) is 6.54 Å². The van der Waals surface area contributed by atoms with E-state index in [9.17, 15) is 0 Å². The van der Waals surface area contributed by atoms with E-state index in [1.54, 1.807) is 0 Å². The van der Waals surface area contributed by atoms with Crippen molar-refractivity contribution in [1.29, 1.82) is 0 Å². The molecule has 0 radical (unpaired) electrons. The number of hydrogen-bond donors (Lipinski definition) is 2. The van der Waals surface area contributed by atoms with Gasteiger partial charge in [-0.2, -0.15) is 0 Å². The largest absolute Gasteiger partial charge is 0.494 e. The average molecular weight is 342 g/mol. The summed E-state index contributed by atoms with van der Waals surface area (Å²) in [6.07, 6.45) is 6.76. The molecule has 1 aromatic carbocycles. The minimum absolute atomic E-state index is 0.297. The van der Waals surface area contributed by atoms with E-state index in [-0.39, 0.29) is 0 Å². The van der Waals surface area contributed by atoms with E-state index in [0.29, 0.717) is 6.61 Å². The van der Waals surface area contributed by atoms with E-state index >= 15 is 0 Å². The number of ether oxygens (including phenoxy) is 1. The zero-order valence-corrected chi connectivity index (χ0v) is 13.5. The molecule has 1 saturated carbocycles. The van der Waals surface area contributed by atoms with Crippen molar-refractivity contribution in [3.63, 3.8) is 0 Å². The highest BCUT2D eigenvalue weighted by molar-refractivity contribution is 9.10. The number of rotatable bonds is 10. The van der Waals surface area contributed by atoms with E-state index in [4.69, 9.17) is 9.84 Å². The van der Waals surface area contributed by atoms with E-state index in [2.05, 4.69) is 33.4 Å². The van der Waals surface area contributed by atoms with Crippen LogP contribution >= 0.6 is 15.9 Å². The number of hydrogen-bond acceptors (Lipinski definition) is 3. The van der Waals surface area contributed by atoms with E-state index in [1.165, 1.54) is 18.4 Å². The van der Waals surface area contributed by atoms with Crippen molar-refractivity contribution in [3.8, 4) is 5.75 Å². The van der Waals surface area contributed by atoms with Gasteiger partial charge in [0.2, 0.25) is 0 Å². The van der Waals surface area contributed by atoms with Crippen LogP contribution in [0.15, 0.2) is 22.7 Å². The molecule has 0 spiro atoms. The molecule has 0 amide bonds. The summed E-state index contributed by atoms with van der Waals surface area (Å²) in [7, 11) is 0. The summed E-state index contributed by atoms with van der Waals surface area (Å²) < 4.78 is 6.93. The summed E-state index contributed by atoms with van der Waals surface area (Å²) in [6.45, 7) is 1.95. The van der Waals surface area contributed by atoms with Crippen molar-refractivity contribution < 1.29 is 9.84 Å². The molecular weight excluding hydrogens is 318 g/mol. The Bertz CT molecular complexity index is 407. The number of benzene rings is 1. The number of halogens is 1. The van der Waals surface area contributed by atoms with E-state index in [1.807, 2.05) is 6.07 Å². The Kier molecular flexibility index (Phi) is 6.83. The highest BCUT2D eigenvalue weighted by atomic mass is 79.9. The monoisotopic (exact) mass is 341 g/mol. The normalized spacial score (nSPS) is 14.5. The fourth-order valence-electron chi connectivity index (χ4n) is 2.08. The molecule has 1 aromatic rings. The predicted octanol–water partition coefficient (Wildman–Crippen LogP) is 3.63. The van der Waals surface area contributed by atoms with Crippen molar-refractivity contribution in [2.24, 2.45) is 0 Å². The molecule has 1 aliphatic carbocycles. The van der Waals surface area contributed by atoms with Crippen molar-refractivity contribution in [3.05, 3.63) is 28.2 Å². The first-order chi connectivity index (χ1) is 9.79. The lowest BCUT2D eigenvalue weighted by Gasteiger charge is -2.10. The SMILES string of the molecule is OCCCCCCOc1ccc(Br)c(CNC2CC2)c1. The average Bonchev–Trinajstić information content (AvgIpc) is 3.27. The Hall–Kier alpha value is -0.580. The molecule has 0 saturated heterocycles. The Balaban J connectivity index is 1.71. The van der Waals surface area contributed by atoms with Crippen LogP contribution in [0.25, 0.3) is 0 Å². The molecule has 2 rings (SSSR count). The quantitative estimate of drug-likeness (QED) is 0.638. The Morgan fingerprint density at radius 3 is 2.75 bits per heavy atom. The van der Waals surface area contributed by atoms with Crippen molar-refractivity contribution in [1.82, 2.24) is 5.32 Å². The summed E-state index contributed by atoms with van der Waals surface area (Å²) in [5.41, 5.74) is 1.26. The first-order valence-corrected chi connectivity index (χ1v) is 8.34. The van der Waals surface area contributed by atoms with Crippen molar-refractivity contribution in [2.45, 2.75) is 51.1 Å². The van der Waals surface area contributed by atoms with Gasteiger partial charge in [0.15, 0.2) is 0 Å². The smallest absolute Gasteiger partial charge is 0.119 e. The summed E-state index contributed by atoms with van der Waals surface area (Å²) >= 11 is 3.59. The summed E-state index contributed by atoms with van der Waals surface area (Å²) in [4.78, 5) is 0. The fraction of sp³-hybridized carbons (Fsp3) is 0.625. The molecule has 0 aliphatic heterocycles. The number of aliphatic hydroxyl groups excluding tert-OH is 1. The zero-order valence-electron chi connectivity index (χ0n) is 11.9. The summed E-state index contributed by atoms with van der Waals surface area (Å²) in [5.74, 6) is 0.947. The lowest BCUT2D eigenvalue weighted by Crippen LogP contribution is -2.15. The lowest BCUT2D eigenvalue weighted by atomic mass is 10.2. The van der Waals surface area contributed by atoms with Crippen LogP contribution in [0.1, 0.15) is 44.1 Å². The van der Waals surface area contributed by atoms with Gasteiger partial charge in [0.1, 0.15) is 5.75 Å². The molecule has 4 heteroatoms. The number of nitrogens with one attached hydrogen (secondary N) is 1. The van der Waals surface area contributed by atoms with Gasteiger partial charge in [0, 0.05) is 23.7 Å². The minimum Gasteiger partial charge on any atom is -0.494 e. The van der Waals surface area contributed by atoms with Crippen LogP contribution in [0.2, 0.25) is 0 Å². The van der Waals surface area contributed by atoms with Gasteiger partial charge in [0.25, 0.3) is 0 Å². The van der Waals surface area contributed by atoms with Crippen LogP contribution in [0, 0.1) is 0 Å². The van der Waals surface area contributed by atoms with Crippen LogP contribution in [0.5, 0.6) is 5.75 Å². The summed E-state index contributed by atoms with van der Waals surface area (Å²) in [6, 6.07) is 6.91. The number of unbranched alkanes of at least 4 members (excludes halogenated alkanes) is 3. The van der Waals surface area contributed by atoms with E-state index in [0.717, 1.165) is 55.1 Å². The highest BCUT2D eigenvalue weighted by Crippen LogP contribution is 2.25. The first kappa shape index (κ1) is 15.8. The Morgan fingerprint density at radius 2 is 2.00 bits per heavy atom. The number of aliphatic hydroxyl groups is 1. The maximum absolute atomic E-state index is 8.71. The molecule has 112 valence electrons. The van der Waals surface area contributed by atoms with Crippen LogP contribution in [-0.4, -0.2) is 24.4 Å². The Morgan fingerprint density at radius 1 is 1.20 bits per heavy atom. The van der Waals surface area contributed by atoms with Gasteiger partial charge in [-0.15, -0.1) is 0 Å². The Labute approximate surface area is 129 Å². The molecule has 0 atom stereocenters. The van der Waals surface area contributed by atoms with Gasteiger partial charge in [-0.05, 0) is 55.9 Å². The third-order valence-corrected chi connectivity index (χ3v) is 4.27. The standard InChI is InChI=1S/C16H24BrNO2/c17-16-8-7-15(20-10-4-2-1-3-9-19)11-13(16)12-18-14-5-6-14/h7-8,11,14,18-19H,1-6,9-10,12H2. The third kappa shape index (κ3) is 5.81. The second kappa shape index (κ2) is 8.65. The molecular formula is C16H24BrNO2. The molecule has 1 aliphatic rings. The highest BCUT2D eigenvalue weighted by Gasteiger charge is 2.20. The second-order valence-electron chi connectivity index (χ2n) is 5.39. The van der Waals surface area contributed by atoms with Gasteiger partial charge in [0.05, 0.1) is 6.61 Å². The van der Waals surface area contributed by atoms with Crippen LogP contribution in [0.3, 0.4) is 0 Å². The van der Waals surface area contributed by atoms with Gasteiger partial charge >= 0.3 is 0 Å². The van der Waals surface area contributed by atoms with Crippen molar-refractivity contribution in [2.75, 3.05) is 13.2 Å². The second-order valence-corrected chi connectivity index (χ2v) is 6.25. The third-order valence-electron chi connectivity index (χ3n) is 3.50. The maximum Gasteiger partial charge on any atom is 0.119 e. The molecule has 20 heavy (non-hydrogen) atoms. The van der Waals surface area contributed by atoms with Gasteiger partial charge in [-0.3, -0.25) is 0 Å². The predicted molar refractivity (Wildman–Crippen MR) is 85.1 cm³/mol. The molecule has 0 aromatic heterocycles. The first-order valence-electron chi connectivity index (χ1n) is 7.55. The van der Waals surface area contributed by atoms with Gasteiger partial charge < -0.3 is 15.2 Å². The molecule has 2 N–H and O–H groups in total. The van der Waals surface area contributed by atoms with Crippen molar-refractivity contribution >= 4 is 15.9 Å². The summed E-state index contributed by atoms with van der Waals surface area (Å²) in [5, 5.41) is 12.2. The molecule has 0 bridgehead atoms. The molecule has 1 fully saturated rings. The lowest BCUT2D eigenvalue weighted by molar-refractivity contribution is 0.273. The van der Waals surface area contributed by atoms with E-state index < -0.39 is 0 Å². The molecule has 0 heterocycles. The zero-order chi connectivity index (χ0) is 14.2. The topological polar surface area (TPSA) is 41.5 Å². The minimum atomic E-state index is 0.297. The van der Waals surface area contributed by atoms with Crippen LogP contribution in [0.4, 0.5) is 0 Å².